The lowest BCUT2D eigenvalue weighted by atomic mass is 9.99. The van der Waals surface area contributed by atoms with Crippen LogP contribution < -0.4 is 11.1 Å². The number of hydrogen-bond donors (Lipinski definition) is 2. The van der Waals surface area contributed by atoms with Gasteiger partial charge in [0.15, 0.2) is 5.13 Å². The van der Waals surface area contributed by atoms with Crippen LogP contribution in [0.4, 0.5) is 9.93 Å². The summed E-state index contributed by atoms with van der Waals surface area (Å²) in [5.41, 5.74) is 10.6. The summed E-state index contributed by atoms with van der Waals surface area (Å²) in [4.78, 5) is 62.6. The number of nitrogens with one attached hydrogen (secondary N) is 1. The average molecular weight is 726 g/mol. The fourth-order valence-corrected chi connectivity index (χ4v) is 7.69. The molecule has 4 aromatic carbocycles. The fraction of sp³-hybridized carbons (Fsp3) is 0.244. The van der Waals surface area contributed by atoms with Crippen molar-refractivity contribution in [2.75, 3.05) is 25.4 Å². The van der Waals surface area contributed by atoms with E-state index < -0.39 is 12.2 Å². The lowest BCUT2D eigenvalue weighted by Crippen LogP contribution is -2.66. The number of ketones is 1. The number of thiazole rings is 1. The van der Waals surface area contributed by atoms with E-state index >= 15 is 0 Å². The van der Waals surface area contributed by atoms with Crippen LogP contribution >= 0.6 is 11.3 Å². The minimum absolute atomic E-state index is 0.0385. The number of aromatic nitrogens is 1. The topological polar surface area (TPSA) is 132 Å². The molecule has 0 spiro atoms. The maximum Gasteiger partial charge on any atom is 0.332 e. The molecule has 1 aromatic heterocycles. The number of para-hydroxylation sites is 1. The highest BCUT2D eigenvalue weighted by Crippen LogP contribution is 2.32. The fourth-order valence-electron chi connectivity index (χ4n) is 6.91. The molecular formula is C41H39N7O4S. The van der Waals surface area contributed by atoms with Gasteiger partial charge < -0.3 is 20.9 Å². The third kappa shape index (κ3) is 7.77. The number of hydrazine groups is 1. The Kier molecular flexibility index (Phi) is 10.5. The Balaban J connectivity index is 1.16. The molecule has 2 fully saturated rings. The van der Waals surface area contributed by atoms with E-state index in [-0.39, 0.29) is 49.7 Å². The first-order valence-electron chi connectivity index (χ1n) is 17.6. The molecule has 2 saturated heterocycles. The molecule has 2 aliphatic heterocycles. The lowest BCUT2D eigenvalue weighted by Gasteiger charge is -2.46. The predicted molar refractivity (Wildman–Crippen MR) is 204 cm³/mol. The van der Waals surface area contributed by atoms with Crippen molar-refractivity contribution in [1.29, 1.82) is 0 Å². The van der Waals surface area contributed by atoms with Gasteiger partial charge in [0.2, 0.25) is 17.6 Å². The standard InChI is InChI=1S/C41H39N7O4S/c1-2-22-46(41(52)43-24-30-10-5-3-6-11-30)47-27-37(50)48-33(23-29-18-16-28(17-19-29)20-21-34(49)31-12-7-4-8-13-31)39(51)45(26-36(47)48)25-32-14-9-15-35-38(32)44-40(42)53-35/h3-19,33,36H,2,22-27H2,1H3,(H2,42,44)(H,43,52)/t33-,36+/m0/s1. The van der Waals surface area contributed by atoms with E-state index in [1.807, 2.05) is 90.8 Å². The Bertz CT molecular complexity index is 2200. The van der Waals surface area contributed by atoms with Crippen LogP contribution in [0.3, 0.4) is 0 Å². The summed E-state index contributed by atoms with van der Waals surface area (Å²) in [6.45, 7) is 3.14. The Hall–Kier alpha value is -6.03. The number of carbonyl (C=O) groups is 4. The van der Waals surface area contributed by atoms with E-state index in [9.17, 15) is 19.2 Å². The van der Waals surface area contributed by atoms with Crippen LogP contribution in [-0.2, 0) is 29.1 Å². The maximum atomic E-state index is 14.5. The molecule has 2 atom stereocenters. The number of piperazine rings is 1. The Morgan fingerprint density at radius 2 is 1.68 bits per heavy atom. The number of nitrogen functional groups attached to an aromatic ring is 1. The number of rotatable bonds is 10. The first-order valence-corrected chi connectivity index (χ1v) is 18.4. The number of hydrogen-bond acceptors (Lipinski definition) is 8. The number of carbonyl (C=O) groups excluding carboxylic acids is 4. The van der Waals surface area contributed by atoms with Gasteiger partial charge in [-0.25, -0.2) is 9.78 Å². The van der Waals surface area contributed by atoms with Crippen molar-refractivity contribution in [2.24, 2.45) is 0 Å². The van der Waals surface area contributed by atoms with Gasteiger partial charge in [0.05, 0.1) is 23.3 Å². The minimum atomic E-state index is -0.821. The molecule has 53 heavy (non-hydrogen) atoms. The maximum absolute atomic E-state index is 14.5. The van der Waals surface area contributed by atoms with Crippen molar-refractivity contribution in [3.05, 3.63) is 131 Å². The van der Waals surface area contributed by atoms with E-state index in [0.717, 1.165) is 26.9 Å². The molecule has 3 heterocycles. The third-order valence-corrected chi connectivity index (χ3v) is 10.3. The van der Waals surface area contributed by atoms with Crippen molar-refractivity contribution in [2.45, 2.75) is 45.1 Å². The Morgan fingerprint density at radius 1 is 0.943 bits per heavy atom. The first kappa shape index (κ1) is 35.4. The van der Waals surface area contributed by atoms with E-state index in [0.29, 0.717) is 35.8 Å². The van der Waals surface area contributed by atoms with Gasteiger partial charge in [-0.1, -0.05) is 109 Å². The summed E-state index contributed by atoms with van der Waals surface area (Å²) in [7, 11) is 0. The number of urea groups is 1. The van der Waals surface area contributed by atoms with Gasteiger partial charge in [-0.15, -0.1) is 0 Å². The van der Waals surface area contributed by atoms with Crippen molar-refractivity contribution in [3.8, 4) is 11.8 Å². The monoisotopic (exact) mass is 725 g/mol. The summed E-state index contributed by atoms with van der Waals surface area (Å²) >= 11 is 1.39. The first-order chi connectivity index (χ1) is 25.8. The summed E-state index contributed by atoms with van der Waals surface area (Å²) in [6, 6.07) is 30.6. The highest BCUT2D eigenvalue weighted by Gasteiger charge is 2.52. The number of amides is 4. The van der Waals surface area contributed by atoms with Gasteiger partial charge in [-0.05, 0) is 47.2 Å². The SMILES string of the molecule is CCCN(C(=O)NCc1ccccc1)N1CC(=O)N2[C@@H](Cc3ccc(C#CC(=O)c4ccccc4)cc3)C(=O)N(Cc3cccc4sc(N)nc34)C[C@@H]21. The van der Waals surface area contributed by atoms with Gasteiger partial charge in [0, 0.05) is 37.2 Å². The van der Waals surface area contributed by atoms with Crippen LogP contribution in [-0.4, -0.2) is 80.3 Å². The number of benzene rings is 4. The molecule has 7 rings (SSSR count). The Morgan fingerprint density at radius 3 is 2.42 bits per heavy atom. The van der Waals surface area contributed by atoms with Gasteiger partial charge >= 0.3 is 6.03 Å². The second-order valence-electron chi connectivity index (χ2n) is 13.0. The molecule has 11 nitrogen and oxygen atoms in total. The second kappa shape index (κ2) is 15.7. The highest BCUT2D eigenvalue weighted by molar-refractivity contribution is 7.22. The van der Waals surface area contributed by atoms with Crippen molar-refractivity contribution in [1.82, 2.24) is 30.1 Å². The van der Waals surface area contributed by atoms with Gasteiger partial charge in [-0.2, -0.15) is 5.01 Å². The zero-order valence-electron chi connectivity index (χ0n) is 29.3. The quantitative estimate of drug-likeness (QED) is 0.152. The van der Waals surface area contributed by atoms with Crippen LogP contribution in [0.15, 0.2) is 103 Å². The van der Waals surface area contributed by atoms with Crippen LogP contribution in [0, 0.1) is 11.8 Å². The molecule has 0 radical (unpaired) electrons. The van der Waals surface area contributed by atoms with Crippen molar-refractivity contribution >= 4 is 50.3 Å². The molecule has 5 aromatic rings. The number of nitrogens with zero attached hydrogens (tertiary/aromatic N) is 5. The smallest absolute Gasteiger partial charge is 0.332 e. The molecular weight excluding hydrogens is 687 g/mol. The molecule has 3 N–H and O–H groups in total. The second-order valence-corrected chi connectivity index (χ2v) is 14.1. The van der Waals surface area contributed by atoms with Gasteiger partial charge in [0.25, 0.3) is 0 Å². The summed E-state index contributed by atoms with van der Waals surface area (Å²) in [5.74, 6) is 4.95. The number of Topliss-reactive ketones (excluding diaryl/α,β-unsaturated/α-hetero) is 1. The molecule has 0 saturated carbocycles. The lowest BCUT2D eigenvalue weighted by molar-refractivity contribution is -0.157. The van der Waals surface area contributed by atoms with Crippen LogP contribution in [0.5, 0.6) is 0 Å². The average Bonchev–Trinajstić information content (AvgIpc) is 3.73. The summed E-state index contributed by atoms with van der Waals surface area (Å²) in [5, 5.41) is 6.89. The highest BCUT2D eigenvalue weighted by atomic mass is 32.1. The van der Waals surface area contributed by atoms with E-state index in [2.05, 4.69) is 22.1 Å². The summed E-state index contributed by atoms with van der Waals surface area (Å²) < 4.78 is 0.929. The molecule has 2 aliphatic rings. The van der Waals surface area contributed by atoms with Gasteiger partial charge in [-0.3, -0.25) is 19.4 Å². The summed E-state index contributed by atoms with van der Waals surface area (Å²) in [6.07, 6.45) is 0.346. The number of nitrogens with two attached hydrogens (primary N) is 1. The van der Waals surface area contributed by atoms with Crippen LogP contribution in [0.25, 0.3) is 10.2 Å². The van der Waals surface area contributed by atoms with Crippen LogP contribution in [0.2, 0.25) is 0 Å². The molecule has 0 bridgehead atoms. The normalized spacial score (nSPS) is 17.0. The van der Waals surface area contributed by atoms with E-state index in [4.69, 9.17) is 5.73 Å². The van der Waals surface area contributed by atoms with Crippen molar-refractivity contribution in [3.63, 3.8) is 0 Å². The predicted octanol–water partition coefficient (Wildman–Crippen LogP) is 5.07. The third-order valence-electron chi connectivity index (χ3n) is 9.45. The molecule has 268 valence electrons. The zero-order chi connectivity index (χ0) is 36.9. The molecule has 0 unspecified atom stereocenters. The zero-order valence-corrected chi connectivity index (χ0v) is 30.1. The van der Waals surface area contributed by atoms with E-state index in [1.165, 1.54) is 11.3 Å². The largest absolute Gasteiger partial charge is 0.375 e. The van der Waals surface area contributed by atoms with Gasteiger partial charge in [0.1, 0.15) is 12.2 Å². The van der Waals surface area contributed by atoms with Crippen molar-refractivity contribution < 1.29 is 19.2 Å². The Labute approximate surface area is 312 Å². The number of fused-ring (bicyclic) bond motifs is 2. The molecule has 0 aliphatic carbocycles. The van der Waals surface area contributed by atoms with E-state index in [1.54, 1.807) is 39.1 Å². The molecule has 12 heteroatoms. The van der Waals surface area contributed by atoms with Crippen LogP contribution in [0.1, 0.15) is 46.0 Å². The minimum Gasteiger partial charge on any atom is -0.375 e. The molecule has 4 amide bonds. The number of anilines is 1.